The largest absolute Gasteiger partial charge is 0.505 e. The second-order valence-electron chi connectivity index (χ2n) is 11.1. The number of nitrogens with zero attached hydrogens (tertiary/aromatic N) is 2. The molecule has 3 aliphatic rings. The number of aromatic nitrogens is 1. The fraction of sp³-hybridized carbons (Fsp3) is 0.467. The normalized spacial score (nSPS) is 22.4. The fourth-order valence-corrected chi connectivity index (χ4v) is 6.45. The number of likely N-dealkylation sites (tertiary alicyclic amines) is 1. The third-order valence-electron chi connectivity index (χ3n) is 8.28. The van der Waals surface area contributed by atoms with Crippen molar-refractivity contribution < 1.29 is 9.90 Å². The lowest BCUT2D eigenvalue weighted by molar-refractivity contribution is 0.0968. The number of benzene rings is 2. The molecule has 0 radical (unpaired) electrons. The molecule has 2 saturated carbocycles. The average Bonchev–Trinajstić information content (AvgIpc) is 3.63. The number of fused-ring (bicyclic) bond motifs is 1. The molecule has 2 aliphatic carbocycles. The van der Waals surface area contributed by atoms with Crippen LogP contribution in [-0.4, -0.2) is 46.4 Å². The van der Waals surface area contributed by atoms with E-state index in [1.807, 2.05) is 24.3 Å². The van der Waals surface area contributed by atoms with Crippen LogP contribution >= 0.6 is 23.2 Å². The molecule has 3 fully saturated rings. The van der Waals surface area contributed by atoms with Crippen molar-refractivity contribution in [1.82, 2.24) is 9.88 Å². The number of pyridine rings is 1. The molecule has 6 rings (SSSR count). The molecule has 2 aromatic carbocycles. The van der Waals surface area contributed by atoms with Crippen LogP contribution < -0.4 is 5.32 Å². The predicted molar refractivity (Wildman–Crippen MR) is 151 cm³/mol. The summed E-state index contributed by atoms with van der Waals surface area (Å²) in [6.07, 6.45) is 9.32. The summed E-state index contributed by atoms with van der Waals surface area (Å²) < 4.78 is 0. The van der Waals surface area contributed by atoms with E-state index in [1.165, 1.54) is 45.3 Å². The monoisotopic (exact) mass is 537 g/mol. The fourth-order valence-electron chi connectivity index (χ4n) is 5.96. The average molecular weight is 539 g/mol. The molecule has 0 unspecified atom stereocenters. The second kappa shape index (κ2) is 10.4. The number of hydrogen-bond acceptors (Lipinski definition) is 5. The maximum absolute atomic E-state index is 13.3. The first-order valence-electron chi connectivity index (χ1n) is 13.6. The maximum atomic E-state index is 13.3. The van der Waals surface area contributed by atoms with Crippen molar-refractivity contribution in [2.24, 2.45) is 11.8 Å². The Morgan fingerprint density at radius 2 is 1.65 bits per heavy atom. The van der Waals surface area contributed by atoms with Gasteiger partial charge < -0.3 is 15.3 Å². The molecule has 0 amide bonds. The van der Waals surface area contributed by atoms with Crippen LogP contribution in [0.25, 0.3) is 22.0 Å². The smallest absolute Gasteiger partial charge is 0.169 e. The number of ketones is 1. The molecule has 3 aromatic rings. The third kappa shape index (κ3) is 5.45. The number of carbonyl (C=O) groups excluding carboxylic acids is 1. The van der Waals surface area contributed by atoms with Gasteiger partial charge in [0, 0.05) is 23.9 Å². The standard InChI is InChI=1S/C30H33Cl2N3O2/c31-25-15-21(16-26(32)29(25)37)20-7-10-27-22(13-20)14-24(28(36)19-5-6-19)30(34-27)33-23-8-3-18(4-9-23)17-35-11-1-2-12-35/h7,10,13-16,18-19,23,37H,1-6,8-9,11-12,17H2,(H,33,34)/t18-,23-. The number of rotatable bonds is 7. The molecule has 37 heavy (non-hydrogen) atoms. The van der Waals surface area contributed by atoms with Gasteiger partial charge in [0.15, 0.2) is 11.5 Å². The van der Waals surface area contributed by atoms with Crippen LogP contribution in [-0.2, 0) is 0 Å². The number of Topliss-reactive ketones (excluding diaryl/α,β-unsaturated/α-hetero) is 1. The number of halogens is 2. The van der Waals surface area contributed by atoms with Gasteiger partial charge in [-0.1, -0.05) is 29.3 Å². The van der Waals surface area contributed by atoms with Gasteiger partial charge in [-0.2, -0.15) is 0 Å². The summed E-state index contributed by atoms with van der Waals surface area (Å²) in [7, 11) is 0. The van der Waals surface area contributed by atoms with E-state index in [0.29, 0.717) is 11.6 Å². The maximum Gasteiger partial charge on any atom is 0.169 e. The van der Waals surface area contributed by atoms with Gasteiger partial charge in [-0.15, -0.1) is 0 Å². The minimum atomic E-state index is -0.118. The molecule has 0 spiro atoms. The summed E-state index contributed by atoms with van der Waals surface area (Å²) in [6, 6.07) is 11.7. The van der Waals surface area contributed by atoms with Crippen LogP contribution in [0.2, 0.25) is 10.0 Å². The van der Waals surface area contributed by atoms with Crippen LogP contribution in [0.1, 0.15) is 61.7 Å². The van der Waals surface area contributed by atoms with Crippen molar-refractivity contribution >= 4 is 45.7 Å². The Bertz CT molecular complexity index is 1300. The molecule has 7 heteroatoms. The molecular formula is C30H33Cl2N3O2. The summed E-state index contributed by atoms with van der Waals surface area (Å²) in [5, 5.41) is 14.9. The lowest BCUT2D eigenvalue weighted by Gasteiger charge is -2.32. The van der Waals surface area contributed by atoms with E-state index in [-0.39, 0.29) is 27.5 Å². The first kappa shape index (κ1) is 25.0. The molecule has 0 bridgehead atoms. The van der Waals surface area contributed by atoms with Crippen molar-refractivity contribution in [2.75, 3.05) is 25.0 Å². The van der Waals surface area contributed by atoms with Gasteiger partial charge in [-0.3, -0.25) is 4.79 Å². The summed E-state index contributed by atoms with van der Waals surface area (Å²) >= 11 is 12.3. The molecule has 2 N–H and O–H groups in total. The van der Waals surface area contributed by atoms with Gasteiger partial charge in [0.25, 0.3) is 0 Å². The van der Waals surface area contributed by atoms with E-state index in [1.54, 1.807) is 12.1 Å². The Morgan fingerprint density at radius 3 is 2.32 bits per heavy atom. The van der Waals surface area contributed by atoms with Crippen molar-refractivity contribution in [2.45, 2.75) is 57.4 Å². The van der Waals surface area contributed by atoms with Crippen LogP contribution in [0.3, 0.4) is 0 Å². The van der Waals surface area contributed by atoms with Crippen molar-refractivity contribution in [1.29, 1.82) is 0 Å². The minimum Gasteiger partial charge on any atom is -0.505 e. The van der Waals surface area contributed by atoms with E-state index in [2.05, 4.69) is 10.2 Å². The highest BCUT2D eigenvalue weighted by Gasteiger charge is 2.33. The molecule has 2 heterocycles. The van der Waals surface area contributed by atoms with Crippen molar-refractivity contribution in [3.8, 4) is 16.9 Å². The number of aromatic hydroxyl groups is 1. The van der Waals surface area contributed by atoms with Gasteiger partial charge in [0.1, 0.15) is 5.82 Å². The minimum absolute atomic E-state index is 0.118. The number of phenolic OH excluding ortho intramolecular Hbond substituents is 1. The lowest BCUT2D eigenvalue weighted by Crippen LogP contribution is -2.33. The molecule has 0 atom stereocenters. The van der Waals surface area contributed by atoms with E-state index >= 15 is 0 Å². The summed E-state index contributed by atoms with van der Waals surface area (Å²) in [4.78, 5) is 20.9. The van der Waals surface area contributed by atoms with Crippen LogP contribution in [0.5, 0.6) is 5.75 Å². The number of nitrogens with one attached hydrogen (secondary N) is 1. The van der Waals surface area contributed by atoms with Gasteiger partial charge in [0.2, 0.25) is 0 Å². The Balaban J connectivity index is 1.25. The quantitative estimate of drug-likeness (QED) is 0.304. The first-order valence-corrected chi connectivity index (χ1v) is 14.4. The molecule has 5 nitrogen and oxygen atoms in total. The molecule has 1 saturated heterocycles. The lowest BCUT2D eigenvalue weighted by atomic mass is 9.85. The summed E-state index contributed by atoms with van der Waals surface area (Å²) in [5.74, 6) is 1.71. The molecule has 194 valence electrons. The zero-order valence-corrected chi connectivity index (χ0v) is 22.5. The highest BCUT2D eigenvalue weighted by atomic mass is 35.5. The number of phenols is 1. The van der Waals surface area contributed by atoms with Gasteiger partial charge in [0.05, 0.1) is 21.1 Å². The van der Waals surface area contributed by atoms with Gasteiger partial charge in [-0.25, -0.2) is 4.98 Å². The highest BCUT2D eigenvalue weighted by Crippen LogP contribution is 2.39. The number of hydrogen-bond donors (Lipinski definition) is 2. The zero-order chi connectivity index (χ0) is 25.5. The predicted octanol–water partition coefficient (Wildman–Crippen LogP) is 7.57. The number of carbonyl (C=O) groups is 1. The van der Waals surface area contributed by atoms with Crippen LogP contribution in [0, 0.1) is 11.8 Å². The second-order valence-corrected chi connectivity index (χ2v) is 11.9. The first-order chi connectivity index (χ1) is 17.9. The topological polar surface area (TPSA) is 65.5 Å². The van der Waals surface area contributed by atoms with E-state index < -0.39 is 0 Å². The highest BCUT2D eigenvalue weighted by molar-refractivity contribution is 6.37. The van der Waals surface area contributed by atoms with Crippen molar-refractivity contribution in [3.63, 3.8) is 0 Å². The molecule has 1 aromatic heterocycles. The van der Waals surface area contributed by atoms with Gasteiger partial charge >= 0.3 is 0 Å². The van der Waals surface area contributed by atoms with Crippen molar-refractivity contribution in [3.05, 3.63) is 52.0 Å². The van der Waals surface area contributed by atoms with E-state index in [0.717, 1.165) is 59.4 Å². The Morgan fingerprint density at radius 1 is 0.946 bits per heavy atom. The molecule has 1 aliphatic heterocycles. The summed E-state index contributed by atoms with van der Waals surface area (Å²) in [6.45, 7) is 3.77. The Hall–Kier alpha value is -2.34. The van der Waals surface area contributed by atoms with Gasteiger partial charge in [-0.05, 0) is 112 Å². The molecular weight excluding hydrogens is 505 g/mol. The third-order valence-corrected chi connectivity index (χ3v) is 8.86. The zero-order valence-electron chi connectivity index (χ0n) is 21.0. The SMILES string of the molecule is O=C(c1cc2cc(-c3cc(Cl)c(O)c(Cl)c3)ccc2nc1N[C@H]1CC[C@H](CN2CCCC2)CC1)C1CC1. The Kier molecular flexibility index (Phi) is 7.04. The Labute approximate surface area is 228 Å². The van der Waals surface area contributed by atoms with Crippen LogP contribution in [0.15, 0.2) is 36.4 Å². The van der Waals surface area contributed by atoms with Crippen LogP contribution in [0.4, 0.5) is 5.82 Å². The van der Waals surface area contributed by atoms with E-state index in [9.17, 15) is 9.90 Å². The number of anilines is 1. The summed E-state index contributed by atoms with van der Waals surface area (Å²) in [5.41, 5.74) is 3.25. The van der Waals surface area contributed by atoms with E-state index in [4.69, 9.17) is 28.2 Å².